The van der Waals surface area contributed by atoms with Gasteiger partial charge in [0.15, 0.2) is 0 Å². The molecule has 1 aliphatic rings. The number of anilines is 1. The first-order valence-electron chi connectivity index (χ1n) is 13.9. The molecule has 6 rings (SSSR count). The summed E-state index contributed by atoms with van der Waals surface area (Å²) < 4.78 is 0. The molecule has 0 aliphatic carbocycles. The monoisotopic (exact) mass is 529 g/mol. The minimum atomic E-state index is 0.822. The van der Waals surface area contributed by atoms with Gasteiger partial charge in [-0.05, 0) is 73.4 Å². The van der Waals surface area contributed by atoms with Crippen LogP contribution in [0.15, 0.2) is 73.2 Å². The van der Waals surface area contributed by atoms with Gasteiger partial charge in [0.2, 0.25) is 0 Å². The van der Waals surface area contributed by atoms with Crippen LogP contribution in [0.1, 0.15) is 23.6 Å². The fraction of sp³-hybridized carbons (Fsp3) is 0.242. The molecule has 2 N–H and O–H groups in total. The summed E-state index contributed by atoms with van der Waals surface area (Å²) in [6.07, 6.45) is 11.9. The van der Waals surface area contributed by atoms with Crippen molar-refractivity contribution in [2.75, 3.05) is 38.1 Å². The number of aromatic amines is 2. The lowest BCUT2D eigenvalue weighted by molar-refractivity contribution is 0.312. The van der Waals surface area contributed by atoms with Crippen LogP contribution in [0.5, 0.6) is 0 Å². The molecule has 202 valence electrons. The van der Waals surface area contributed by atoms with Crippen LogP contribution in [-0.4, -0.2) is 63.3 Å². The molecule has 1 aliphatic heterocycles. The molecular weight excluding hydrogens is 494 g/mol. The Labute approximate surface area is 234 Å². The normalized spacial score (nSPS) is 15.3. The highest BCUT2D eigenvalue weighted by molar-refractivity contribution is 5.94. The van der Waals surface area contributed by atoms with E-state index >= 15 is 0 Å². The minimum absolute atomic E-state index is 0.822. The van der Waals surface area contributed by atoms with Gasteiger partial charge in [0, 0.05) is 55.4 Å². The van der Waals surface area contributed by atoms with Crippen LogP contribution in [0, 0.1) is 0 Å². The zero-order chi connectivity index (χ0) is 27.5. The van der Waals surface area contributed by atoms with Crippen molar-refractivity contribution in [3.63, 3.8) is 0 Å². The third kappa shape index (κ3) is 5.46. The standard InChI is InChI=1S/C33H35N7/c1-23(27-19-26(21-34-22-27)11-10-25-7-5-4-6-8-25)9-12-29-24(2)32(38-37-29)31-20-28-30(36-31)13-14-35-33(28)40-17-15-39(3)16-18-40/h4-9,12-14,19-22,36-37H,2,10-11,15-18H2,1,3H3/b23-9+,29-12+. The Balaban J connectivity index is 1.22. The lowest BCUT2D eigenvalue weighted by Gasteiger charge is -2.33. The van der Waals surface area contributed by atoms with E-state index in [1.807, 2.05) is 30.7 Å². The molecule has 7 nitrogen and oxygen atoms in total. The molecule has 5 heterocycles. The van der Waals surface area contributed by atoms with Gasteiger partial charge < -0.3 is 14.8 Å². The summed E-state index contributed by atoms with van der Waals surface area (Å²) >= 11 is 0. The Morgan fingerprint density at radius 2 is 1.80 bits per heavy atom. The molecule has 7 heteroatoms. The van der Waals surface area contributed by atoms with E-state index < -0.39 is 0 Å². The van der Waals surface area contributed by atoms with Crippen LogP contribution in [-0.2, 0) is 12.8 Å². The van der Waals surface area contributed by atoms with Crippen LogP contribution in [0.2, 0.25) is 0 Å². The van der Waals surface area contributed by atoms with Gasteiger partial charge in [-0.25, -0.2) is 4.98 Å². The van der Waals surface area contributed by atoms with Crippen LogP contribution in [0.4, 0.5) is 5.82 Å². The van der Waals surface area contributed by atoms with E-state index in [0.717, 1.165) is 88.8 Å². The van der Waals surface area contributed by atoms with Crippen LogP contribution in [0.3, 0.4) is 0 Å². The molecule has 0 amide bonds. The first-order chi connectivity index (χ1) is 19.5. The maximum absolute atomic E-state index is 4.73. The number of aromatic nitrogens is 5. The molecule has 0 bridgehead atoms. The number of H-pyrrole nitrogens is 2. The number of allylic oxidation sites excluding steroid dienone is 2. The summed E-state index contributed by atoms with van der Waals surface area (Å²) in [6.45, 7) is 10.5. The molecular formula is C33H35N7. The van der Waals surface area contributed by atoms with E-state index in [2.05, 4.69) is 99.1 Å². The molecule has 0 unspecified atom stereocenters. The van der Waals surface area contributed by atoms with E-state index in [0.29, 0.717) is 0 Å². The second kappa shape index (κ2) is 11.3. The highest BCUT2D eigenvalue weighted by Crippen LogP contribution is 2.28. The third-order valence-electron chi connectivity index (χ3n) is 7.78. The zero-order valence-electron chi connectivity index (χ0n) is 23.2. The molecule has 0 saturated carbocycles. The van der Waals surface area contributed by atoms with Crippen molar-refractivity contribution in [3.8, 4) is 11.4 Å². The molecule has 0 radical (unpaired) electrons. The van der Waals surface area contributed by atoms with Crippen molar-refractivity contribution in [1.82, 2.24) is 30.0 Å². The molecule has 5 aromatic rings. The van der Waals surface area contributed by atoms with E-state index in [9.17, 15) is 0 Å². The zero-order valence-corrected chi connectivity index (χ0v) is 23.2. The number of aryl methyl sites for hydroxylation is 2. The number of hydrogen-bond donors (Lipinski definition) is 2. The van der Waals surface area contributed by atoms with Gasteiger partial charge in [-0.2, -0.15) is 5.10 Å². The van der Waals surface area contributed by atoms with E-state index in [1.165, 1.54) is 11.1 Å². The third-order valence-corrected chi connectivity index (χ3v) is 7.78. The SMILES string of the molecule is C=c1c(-c2cc3c(N4CCN(C)CC4)nccc3[nH]2)n[nH]/c1=C/C=C(\C)c1cncc(CCc2ccccc2)c1. The maximum atomic E-state index is 4.73. The Hall–Kier alpha value is -4.49. The predicted molar refractivity (Wildman–Crippen MR) is 164 cm³/mol. The van der Waals surface area contributed by atoms with Crippen molar-refractivity contribution in [3.05, 3.63) is 100 Å². The fourth-order valence-electron chi connectivity index (χ4n) is 5.25. The van der Waals surface area contributed by atoms with Crippen molar-refractivity contribution in [1.29, 1.82) is 0 Å². The summed E-state index contributed by atoms with van der Waals surface area (Å²) in [5.41, 5.74) is 7.65. The van der Waals surface area contributed by atoms with Crippen molar-refractivity contribution in [2.24, 2.45) is 0 Å². The van der Waals surface area contributed by atoms with Gasteiger partial charge in [0.05, 0.1) is 16.6 Å². The number of rotatable bonds is 7. The van der Waals surface area contributed by atoms with Crippen LogP contribution >= 0.6 is 0 Å². The van der Waals surface area contributed by atoms with Crippen LogP contribution in [0.25, 0.3) is 40.5 Å². The highest BCUT2D eigenvalue weighted by atomic mass is 15.3. The average Bonchev–Trinajstić information content (AvgIpc) is 3.59. The molecule has 1 saturated heterocycles. The first-order valence-corrected chi connectivity index (χ1v) is 13.9. The number of piperazine rings is 1. The van der Waals surface area contributed by atoms with E-state index in [1.54, 1.807) is 0 Å². The number of nitrogens with one attached hydrogen (secondary N) is 2. The maximum Gasteiger partial charge on any atom is 0.138 e. The lowest BCUT2D eigenvalue weighted by Crippen LogP contribution is -2.44. The van der Waals surface area contributed by atoms with Gasteiger partial charge in [0.1, 0.15) is 11.5 Å². The van der Waals surface area contributed by atoms with E-state index in [-0.39, 0.29) is 0 Å². The highest BCUT2D eigenvalue weighted by Gasteiger charge is 2.19. The molecule has 4 aromatic heterocycles. The molecule has 1 aromatic carbocycles. The summed E-state index contributed by atoms with van der Waals surface area (Å²) in [7, 11) is 2.17. The summed E-state index contributed by atoms with van der Waals surface area (Å²) in [5.74, 6) is 1.03. The van der Waals surface area contributed by atoms with Gasteiger partial charge in [-0.15, -0.1) is 0 Å². The van der Waals surface area contributed by atoms with Gasteiger partial charge in [-0.1, -0.05) is 43.0 Å². The van der Waals surface area contributed by atoms with Crippen LogP contribution < -0.4 is 15.5 Å². The van der Waals surface area contributed by atoms with Gasteiger partial charge >= 0.3 is 0 Å². The fourth-order valence-corrected chi connectivity index (χ4v) is 5.25. The number of fused-ring (bicyclic) bond motifs is 1. The Kier molecular flexibility index (Phi) is 7.29. The number of likely N-dealkylation sites (N-methyl/N-ethyl adjacent to an activating group) is 1. The first kappa shape index (κ1) is 25.8. The van der Waals surface area contributed by atoms with Crippen molar-refractivity contribution in [2.45, 2.75) is 19.8 Å². The van der Waals surface area contributed by atoms with E-state index in [4.69, 9.17) is 4.98 Å². The van der Waals surface area contributed by atoms with Gasteiger partial charge in [0.25, 0.3) is 0 Å². The Morgan fingerprint density at radius 1 is 1.00 bits per heavy atom. The number of pyridine rings is 2. The van der Waals surface area contributed by atoms with Crippen molar-refractivity contribution < 1.29 is 0 Å². The second-order valence-corrected chi connectivity index (χ2v) is 10.6. The Morgan fingerprint density at radius 3 is 2.62 bits per heavy atom. The number of benzene rings is 1. The smallest absolute Gasteiger partial charge is 0.138 e. The Bertz CT molecular complexity index is 1760. The largest absolute Gasteiger partial charge is 0.353 e. The van der Waals surface area contributed by atoms with Crippen molar-refractivity contribution >= 4 is 34.9 Å². The minimum Gasteiger partial charge on any atom is -0.353 e. The number of hydrogen-bond acceptors (Lipinski definition) is 5. The lowest BCUT2D eigenvalue weighted by atomic mass is 10.0. The molecule has 1 fully saturated rings. The topological polar surface area (TPSA) is 76.7 Å². The van der Waals surface area contributed by atoms with Gasteiger partial charge in [-0.3, -0.25) is 10.1 Å². The molecule has 0 spiro atoms. The summed E-state index contributed by atoms with van der Waals surface area (Å²) in [4.78, 5) is 17.5. The molecule has 40 heavy (non-hydrogen) atoms. The average molecular weight is 530 g/mol. The number of nitrogens with zero attached hydrogens (tertiary/aromatic N) is 5. The summed E-state index contributed by atoms with van der Waals surface area (Å²) in [6, 6.07) is 17.0. The quantitative estimate of drug-likeness (QED) is 0.331. The second-order valence-electron chi connectivity index (χ2n) is 10.6. The summed E-state index contributed by atoms with van der Waals surface area (Å²) in [5, 5.41) is 10.7. The predicted octanol–water partition coefficient (Wildman–Crippen LogP) is 4.18. The molecule has 0 atom stereocenters.